The summed E-state index contributed by atoms with van der Waals surface area (Å²) in [6, 6.07) is 6.98. The quantitative estimate of drug-likeness (QED) is 0.662. The lowest BCUT2D eigenvalue weighted by Gasteiger charge is -2.12. The summed E-state index contributed by atoms with van der Waals surface area (Å²) in [6.07, 6.45) is 5.14. The van der Waals surface area contributed by atoms with Crippen LogP contribution in [0.15, 0.2) is 29.4 Å². The maximum atomic E-state index is 11.9. The third kappa shape index (κ3) is 4.58. The Bertz CT molecular complexity index is 562. The Kier molecular flexibility index (Phi) is 5.94. The summed E-state index contributed by atoms with van der Waals surface area (Å²) in [5.41, 5.74) is 3.73. The van der Waals surface area contributed by atoms with Crippen molar-refractivity contribution >= 4 is 23.2 Å². The third-order valence-corrected chi connectivity index (χ3v) is 3.39. The van der Waals surface area contributed by atoms with Gasteiger partial charge in [-0.05, 0) is 44.7 Å². The summed E-state index contributed by atoms with van der Waals surface area (Å²) in [7, 11) is 0. The maximum Gasteiger partial charge on any atom is 0.329 e. The lowest BCUT2D eigenvalue weighted by molar-refractivity contribution is -0.136. The number of hydrogen-bond donors (Lipinski definition) is 2. The Balaban J connectivity index is 1.92. The number of para-hydroxylation sites is 2. The van der Waals surface area contributed by atoms with Gasteiger partial charge in [0.15, 0.2) is 0 Å². The highest BCUT2D eigenvalue weighted by Crippen LogP contribution is 2.23. The van der Waals surface area contributed by atoms with Crippen molar-refractivity contribution in [3.05, 3.63) is 24.3 Å². The lowest BCUT2D eigenvalue weighted by atomic mass is 9.99. The molecule has 0 saturated heterocycles. The van der Waals surface area contributed by atoms with Crippen molar-refractivity contribution in [2.45, 2.75) is 39.0 Å². The zero-order chi connectivity index (χ0) is 15.8. The number of nitrogens with zero attached hydrogens (tertiary/aromatic N) is 1. The second-order valence-electron chi connectivity index (χ2n) is 5.06. The molecule has 1 aliphatic carbocycles. The van der Waals surface area contributed by atoms with E-state index in [1.165, 1.54) is 6.42 Å². The molecule has 0 unspecified atom stereocenters. The molecule has 0 bridgehead atoms. The minimum absolute atomic E-state index is 0.467. The van der Waals surface area contributed by atoms with Gasteiger partial charge in [0.1, 0.15) is 5.75 Å². The molecule has 118 valence electrons. The van der Waals surface area contributed by atoms with E-state index in [1.54, 1.807) is 24.3 Å². The molecule has 0 aromatic heterocycles. The van der Waals surface area contributed by atoms with Crippen LogP contribution in [-0.2, 0) is 9.59 Å². The average molecular weight is 303 g/mol. The molecule has 22 heavy (non-hydrogen) atoms. The van der Waals surface area contributed by atoms with Gasteiger partial charge in [-0.15, -0.1) is 0 Å². The highest BCUT2D eigenvalue weighted by molar-refractivity contribution is 6.39. The molecule has 6 nitrogen and oxygen atoms in total. The number of anilines is 1. The Labute approximate surface area is 129 Å². The average Bonchev–Trinajstić information content (AvgIpc) is 2.55. The van der Waals surface area contributed by atoms with Crippen molar-refractivity contribution in [2.24, 2.45) is 5.10 Å². The Morgan fingerprint density at radius 1 is 1.14 bits per heavy atom. The summed E-state index contributed by atoms with van der Waals surface area (Å²) in [5.74, 6) is -0.999. The molecule has 1 fully saturated rings. The zero-order valence-electron chi connectivity index (χ0n) is 12.7. The molecular weight excluding hydrogens is 282 g/mol. The molecule has 0 aliphatic heterocycles. The van der Waals surface area contributed by atoms with E-state index in [0.717, 1.165) is 31.4 Å². The van der Waals surface area contributed by atoms with E-state index in [-0.39, 0.29) is 0 Å². The van der Waals surface area contributed by atoms with Gasteiger partial charge in [0.2, 0.25) is 0 Å². The van der Waals surface area contributed by atoms with Crippen LogP contribution >= 0.6 is 0 Å². The van der Waals surface area contributed by atoms with Gasteiger partial charge in [0, 0.05) is 5.71 Å². The third-order valence-electron chi connectivity index (χ3n) is 3.39. The zero-order valence-corrected chi connectivity index (χ0v) is 12.7. The Morgan fingerprint density at radius 3 is 2.59 bits per heavy atom. The molecular formula is C16H21N3O3. The van der Waals surface area contributed by atoms with E-state index in [0.29, 0.717) is 18.0 Å². The van der Waals surface area contributed by atoms with Crippen LogP contribution in [0.4, 0.5) is 5.69 Å². The van der Waals surface area contributed by atoms with Crippen LogP contribution in [-0.4, -0.2) is 24.1 Å². The number of carbonyl (C=O) groups is 2. The van der Waals surface area contributed by atoms with Crippen LogP contribution in [0.25, 0.3) is 0 Å². The molecule has 0 atom stereocenters. The number of carbonyl (C=O) groups excluding carboxylic acids is 2. The van der Waals surface area contributed by atoms with Crippen molar-refractivity contribution in [1.82, 2.24) is 5.43 Å². The molecule has 0 radical (unpaired) electrons. The van der Waals surface area contributed by atoms with E-state index in [2.05, 4.69) is 15.8 Å². The number of hydrazone groups is 1. The minimum Gasteiger partial charge on any atom is -0.492 e. The van der Waals surface area contributed by atoms with Crippen LogP contribution in [0.1, 0.15) is 39.0 Å². The van der Waals surface area contributed by atoms with Crippen LogP contribution in [0.5, 0.6) is 5.75 Å². The number of hydrogen-bond acceptors (Lipinski definition) is 4. The largest absolute Gasteiger partial charge is 0.492 e. The first-order valence-electron chi connectivity index (χ1n) is 7.59. The van der Waals surface area contributed by atoms with Crippen molar-refractivity contribution < 1.29 is 14.3 Å². The fraction of sp³-hybridized carbons (Fsp3) is 0.438. The van der Waals surface area contributed by atoms with E-state index >= 15 is 0 Å². The minimum atomic E-state index is -0.774. The maximum absolute atomic E-state index is 11.9. The summed E-state index contributed by atoms with van der Waals surface area (Å²) in [4.78, 5) is 23.7. The van der Waals surface area contributed by atoms with E-state index in [9.17, 15) is 9.59 Å². The Hall–Kier alpha value is -2.37. The topological polar surface area (TPSA) is 79.8 Å². The first-order chi connectivity index (χ1) is 10.7. The predicted octanol–water partition coefficient (Wildman–Crippen LogP) is 2.46. The van der Waals surface area contributed by atoms with Gasteiger partial charge in [0.25, 0.3) is 0 Å². The number of benzene rings is 1. The fourth-order valence-electron chi connectivity index (χ4n) is 2.28. The van der Waals surface area contributed by atoms with Crippen molar-refractivity contribution in [1.29, 1.82) is 0 Å². The van der Waals surface area contributed by atoms with Crippen molar-refractivity contribution in [3.8, 4) is 5.75 Å². The second kappa shape index (κ2) is 8.17. The van der Waals surface area contributed by atoms with E-state index in [4.69, 9.17) is 4.74 Å². The Morgan fingerprint density at radius 2 is 1.86 bits per heavy atom. The highest BCUT2D eigenvalue weighted by atomic mass is 16.5. The molecule has 0 spiro atoms. The SMILES string of the molecule is CCOc1ccccc1NC(=O)C(=O)NN=C1CCCCC1. The molecule has 6 heteroatoms. The van der Waals surface area contributed by atoms with Gasteiger partial charge in [-0.1, -0.05) is 18.6 Å². The standard InChI is InChI=1S/C16H21N3O3/c1-2-22-14-11-7-6-10-13(14)17-15(20)16(21)19-18-12-8-4-3-5-9-12/h6-7,10-11H,2-5,8-9H2,1H3,(H,17,20)(H,19,21). The normalized spacial score (nSPS) is 14.1. The fourth-order valence-corrected chi connectivity index (χ4v) is 2.28. The van der Waals surface area contributed by atoms with Gasteiger partial charge >= 0.3 is 11.8 Å². The molecule has 1 saturated carbocycles. The van der Waals surface area contributed by atoms with Gasteiger partial charge < -0.3 is 10.1 Å². The van der Waals surface area contributed by atoms with Gasteiger partial charge in [-0.25, -0.2) is 5.43 Å². The number of ether oxygens (including phenoxy) is 1. The van der Waals surface area contributed by atoms with Crippen molar-refractivity contribution in [3.63, 3.8) is 0 Å². The monoisotopic (exact) mass is 303 g/mol. The predicted molar refractivity (Wildman–Crippen MR) is 84.9 cm³/mol. The second-order valence-corrected chi connectivity index (χ2v) is 5.06. The summed E-state index contributed by atoms with van der Waals surface area (Å²) >= 11 is 0. The smallest absolute Gasteiger partial charge is 0.329 e. The van der Waals surface area contributed by atoms with Crippen LogP contribution in [0.3, 0.4) is 0 Å². The van der Waals surface area contributed by atoms with Gasteiger partial charge in [-0.3, -0.25) is 9.59 Å². The van der Waals surface area contributed by atoms with Crippen LogP contribution in [0, 0.1) is 0 Å². The summed E-state index contributed by atoms with van der Waals surface area (Å²) < 4.78 is 5.40. The lowest BCUT2D eigenvalue weighted by Crippen LogP contribution is -2.33. The first-order valence-corrected chi connectivity index (χ1v) is 7.59. The van der Waals surface area contributed by atoms with E-state index < -0.39 is 11.8 Å². The molecule has 2 rings (SSSR count). The molecule has 2 N–H and O–H groups in total. The molecule has 1 aromatic carbocycles. The van der Waals surface area contributed by atoms with Gasteiger partial charge in [0.05, 0.1) is 12.3 Å². The highest BCUT2D eigenvalue weighted by Gasteiger charge is 2.16. The summed E-state index contributed by atoms with van der Waals surface area (Å²) in [5, 5.41) is 6.57. The first kappa shape index (κ1) is 16.0. The van der Waals surface area contributed by atoms with Gasteiger partial charge in [-0.2, -0.15) is 5.10 Å². The van der Waals surface area contributed by atoms with Crippen LogP contribution in [0.2, 0.25) is 0 Å². The number of rotatable bonds is 4. The molecule has 0 heterocycles. The molecule has 1 aromatic rings. The summed E-state index contributed by atoms with van der Waals surface area (Å²) in [6.45, 7) is 2.33. The van der Waals surface area contributed by atoms with Crippen molar-refractivity contribution in [2.75, 3.05) is 11.9 Å². The van der Waals surface area contributed by atoms with Crippen LogP contribution < -0.4 is 15.5 Å². The number of amides is 2. The number of nitrogens with one attached hydrogen (secondary N) is 2. The van der Waals surface area contributed by atoms with E-state index in [1.807, 2.05) is 6.92 Å². The molecule has 1 aliphatic rings. The molecule has 2 amide bonds.